The number of para-hydroxylation sites is 1. The molecule has 0 saturated carbocycles. The summed E-state index contributed by atoms with van der Waals surface area (Å²) in [6.07, 6.45) is 1.62. The quantitative estimate of drug-likeness (QED) is 0.760. The molecule has 0 spiro atoms. The van der Waals surface area contributed by atoms with Crippen molar-refractivity contribution in [3.63, 3.8) is 0 Å². The maximum absolute atomic E-state index is 13.2. The minimum atomic E-state index is -0.486. The molecular weight excluding hydrogens is 338 g/mol. The molecule has 0 aliphatic rings. The summed E-state index contributed by atoms with van der Waals surface area (Å²) in [6.45, 7) is 12.8. The highest BCUT2D eigenvalue weighted by atomic mass is 16.2. The van der Waals surface area contributed by atoms with Crippen molar-refractivity contribution in [1.29, 1.82) is 0 Å². The van der Waals surface area contributed by atoms with Gasteiger partial charge in [0.2, 0.25) is 5.91 Å². The number of carbonyl (C=O) groups is 1. The van der Waals surface area contributed by atoms with Crippen LogP contribution in [0.15, 0.2) is 29.1 Å². The van der Waals surface area contributed by atoms with Crippen LogP contribution < -0.4 is 5.56 Å². The van der Waals surface area contributed by atoms with Gasteiger partial charge in [0, 0.05) is 19.0 Å². The second-order valence-corrected chi connectivity index (χ2v) is 8.71. The van der Waals surface area contributed by atoms with E-state index in [1.165, 1.54) is 0 Å². The van der Waals surface area contributed by atoms with Crippen LogP contribution in [0.3, 0.4) is 0 Å². The lowest BCUT2D eigenvalue weighted by Gasteiger charge is -2.36. The van der Waals surface area contributed by atoms with Gasteiger partial charge in [-0.2, -0.15) is 0 Å². The monoisotopic (exact) mass is 371 g/mol. The van der Waals surface area contributed by atoms with Crippen LogP contribution in [0.4, 0.5) is 0 Å². The van der Waals surface area contributed by atoms with E-state index in [0.29, 0.717) is 35.6 Å². The summed E-state index contributed by atoms with van der Waals surface area (Å²) in [6, 6.07) is 7.16. The van der Waals surface area contributed by atoms with E-state index in [1.807, 2.05) is 50.8 Å². The Bertz CT molecular complexity index is 862. The topological polar surface area (TPSA) is 55.2 Å². The maximum Gasteiger partial charge on any atom is 0.261 e. The van der Waals surface area contributed by atoms with Crippen LogP contribution in [0.1, 0.15) is 66.3 Å². The van der Waals surface area contributed by atoms with E-state index in [9.17, 15) is 9.59 Å². The molecule has 0 saturated heterocycles. The largest absolute Gasteiger partial charge is 0.332 e. The molecule has 1 aromatic heterocycles. The zero-order valence-corrected chi connectivity index (χ0v) is 17.7. The van der Waals surface area contributed by atoms with Crippen molar-refractivity contribution in [2.75, 3.05) is 6.54 Å². The Labute approximate surface area is 162 Å². The molecule has 0 N–H and O–H groups in total. The molecule has 0 fully saturated rings. The van der Waals surface area contributed by atoms with Crippen molar-refractivity contribution in [3.05, 3.63) is 40.4 Å². The Morgan fingerprint density at radius 3 is 2.41 bits per heavy atom. The summed E-state index contributed by atoms with van der Waals surface area (Å²) in [5.41, 5.74) is 0.127. The normalized spacial score (nSPS) is 13.2. The molecule has 27 heavy (non-hydrogen) atoms. The van der Waals surface area contributed by atoms with Crippen LogP contribution in [-0.2, 0) is 11.8 Å². The Kier molecular flexibility index (Phi) is 6.45. The third kappa shape index (κ3) is 4.57. The fourth-order valence-corrected chi connectivity index (χ4v) is 3.30. The number of benzene rings is 1. The lowest BCUT2D eigenvalue weighted by atomic mass is 9.92. The van der Waals surface area contributed by atoms with Crippen LogP contribution in [0, 0.1) is 11.3 Å². The van der Waals surface area contributed by atoms with E-state index in [-0.39, 0.29) is 17.5 Å². The van der Waals surface area contributed by atoms with Crippen LogP contribution in [0.2, 0.25) is 0 Å². The van der Waals surface area contributed by atoms with Gasteiger partial charge in [0.1, 0.15) is 5.82 Å². The lowest BCUT2D eigenvalue weighted by molar-refractivity contribution is -0.142. The second kappa shape index (κ2) is 8.24. The zero-order valence-electron chi connectivity index (χ0n) is 17.7. The highest BCUT2D eigenvalue weighted by Crippen LogP contribution is 2.29. The molecule has 5 heteroatoms. The molecular formula is C22H33N3O2. The standard InChI is InChI=1S/C22H33N3O2/c1-8-18(25(14-13-15(2)3)21(27)22(4,5)6)19-23-17-12-10-9-11-16(17)20(26)24(19)7/h9-12,15,18H,8,13-14H2,1-7H3. The number of amides is 1. The molecule has 148 valence electrons. The average molecular weight is 372 g/mol. The van der Waals surface area contributed by atoms with E-state index < -0.39 is 5.41 Å². The predicted molar refractivity (Wildman–Crippen MR) is 111 cm³/mol. The van der Waals surface area contributed by atoms with Crippen molar-refractivity contribution < 1.29 is 4.79 Å². The molecule has 1 unspecified atom stereocenters. The first kappa shape index (κ1) is 21.1. The number of carbonyl (C=O) groups excluding carboxylic acids is 1. The molecule has 1 atom stereocenters. The Hall–Kier alpha value is -2.17. The minimum Gasteiger partial charge on any atom is -0.332 e. The van der Waals surface area contributed by atoms with E-state index in [4.69, 9.17) is 4.98 Å². The van der Waals surface area contributed by atoms with Crippen molar-refractivity contribution in [2.24, 2.45) is 18.4 Å². The number of hydrogen-bond donors (Lipinski definition) is 0. The summed E-state index contributed by atoms with van der Waals surface area (Å²) in [5.74, 6) is 1.24. The number of aromatic nitrogens is 2. The van der Waals surface area contributed by atoms with Crippen LogP contribution in [-0.4, -0.2) is 26.9 Å². The summed E-state index contributed by atoms with van der Waals surface area (Å²) < 4.78 is 1.61. The van der Waals surface area contributed by atoms with Gasteiger partial charge in [-0.1, -0.05) is 53.7 Å². The predicted octanol–water partition coefficient (Wildman–Crippen LogP) is 4.31. The molecule has 1 amide bonds. The average Bonchev–Trinajstić information content (AvgIpc) is 2.60. The number of nitrogens with zero attached hydrogens (tertiary/aromatic N) is 3. The third-order valence-electron chi connectivity index (χ3n) is 4.93. The second-order valence-electron chi connectivity index (χ2n) is 8.71. The van der Waals surface area contributed by atoms with Crippen molar-refractivity contribution in [2.45, 2.75) is 60.4 Å². The molecule has 5 nitrogen and oxygen atoms in total. The minimum absolute atomic E-state index is 0.0685. The molecule has 1 aromatic carbocycles. The van der Waals surface area contributed by atoms with Gasteiger partial charge < -0.3 is 4.90 Å². The molecule has 0 aliphatic heterocycles. The van der Waals surface area contributed by atoms with Crippen LogP contribution in [0.5, 0.6) is 0 Å². The van der Waals surface area contributed by atoms with E-state index in [1.54, 1.807) is 17.7 Å². The van der Waals surface area contributed by atoms with Gasteiger partial charge in [0.05, 0.1) is 16.9 Å². The van der Waals surface area contributed by atoms with E-state index >= 15 is 0 Å². The van der Waals surface area contributed by atoms with Gasteiger partial charge in [0.15, 0.2) is 0 Å². The van der Waals surface area contributed by atoms with Gasteiger partial charge >= 0.3 is 0 Å². The molecule has 0 radical (unpaired) electrons. The molecule has 2 rings (SSSR count). The fraction of sp³-hybridized carbons (Fsp3) is 0.591. The van der Waals surface area contributed by atoms with Crippen molar-refractivity contribution in [1.82, 2.24) is 14.5 Å². The van der Waals surface area contributed by atoms with E-state index in [0.717, 1.165) is 6.42 Å². The zero-order chi connectivity index (χ0) is 20.4. The first-order chi connectivity index (χ1) is 12.6. The van der Waals surface area contributed by atoms with E-state index in [2.05, 4.69) is 13.8 Å². The lowest BCUT2D eigenvalue weighted by Crippen LogP contribution is -2.44. The number of hydrogen-bond acceptors (Lipinski definition) is 3. The van der Waals surface area contributed by atoms with Crippen molar-refractivity contribution >= 4 is 16.8 Å². The Morgan fingerprint density at radius 2 is 1.85 bits per heavy atom. The third-order valence-corrected chi connectivity index (χ3v) is 4.93. The van der Waals surface area contributed by atoms with Gasteiger partial charge in [-0.25, -0.2) is 4.98 Å². The molecule has 2 aromatic rings. The SMILES string of the molecule is CCC(c1nc2ccccc2c(=O)n1C)N(CCC(C)C)C(=O)C(C)(C)C. The number of fused-ring (bicyclic) bond motifs is 1. The molecule has 1 heterocycles. The van der Waals surface area contributed by atoms with Crippen molar-refractivity contribution in [3.8, 4) is 0 Å². The maximum atomic E-state index is 13.2. The summed E-state index contributed by atoms with van der Waals surface area (Å²) in [4.78, 5) is 32.8. The van der Waals surface area contributed by atoms with Gasteiger partial charge in [-0.15, -0.1) is 0 Å². The molecule has 0 aliphatic carbocycles. The van der Waals surface area contributed by atoms with Gasteiger partial charge in [-0.3, -0.25) is 14.2 Å². The highest BCUT2D eigenvalue weighted by molar-refractivity contribution is 5.82. The summed E-state index contributed by atoms with van der Waals surface area (Å²) >= 11 is 0. The fourth-order valence-electron chi connectivity index (χ4n) is 3.30. The van der Waals surface area contributed by atoms with Gasteiger partial charge in [0.25, 0.3) is 5.56 Å². The summed E-state index contributed by atoms with van der Waals surface area (Å²) in [7, 11) is 1.75. The van der Waals surface area contributed by atoms with Crippen LogP contribution in [0.25, 0.3) is 10.9 Å². The first-order valence-corrected chi connectivity index (χ1v) is 9.84. The highest BCUT2D eigenvalue weighted by Gasteiger charge is 2.33. The smallest absolute Gasteiger partial charge is 0.261 e. The Balaban J connectivity index is 2.59. The van der Waals surface area contributed by atoms with Crippen LogP contribution >= 0.6 is 0 Å². The molecule has 0 bridgehead atoms. The first-order valence-electron chi connectivity index (χ1n) is 9.84. The summed E-state index contributed by atoms with van der Waals surface area (Å²) in [5, 5.41) is 0.606. The van der Waals surface area contributed by atoms with Gasteiger partial charge in [-0.05, 0) is 30.9 Å². The number of rotatable bonds is 6. The Morgan fingerprint density at radius 1 is 1.22 bits per heavy atom.